The molecule has 1 saturated heterocycles. The molecule has 0 aromatic rings. The molecule has 2 aliphatic heterocycles. The number of hydrogen-bond acceptors (Lipinski definition) is 2. The van der Waals surface area contributed by atoms with Crippen molar-refractivity contribution in [1.29, 1.82) is 0 Å². The molecule has 112 valence electrons. The second-order valence-electron chi connectivity index (χ2n) is 6.24. The van der Waals surface area contributed by atoms with Crippen LogP contribution in [0, 0.1) is 5.41 Å². The molecule has 0 bridgehead atoms. The molecule has 20 heavy (non-hydrogen) atoms. The van der Waals surface area contributed by atoms with Gasteiger partial charge < -0.3 is 10.2 Å². The molecule has 4 heteroatoms. The van der Waals surface area contributed by atoms with Crippen LogP contribution in [0.25, 0.3) is 0 Å². The fourth-order valence-corrected chi connectivity index (χ4v) is 3.80. The van der Waals surface area contributed by atoms with Gasteiger partial charge in [0.15, 0.2) is 0 Å². The summed E-state index contributed by atoms with van der Waals surface area (Å²) in [5.74, 6) is 0.280. The highest BCUT2D eigenvalue weighted by Crippen LogP contribution is 2.41. The van der Waals surface area contributed by atoms with Gasteiger partial charge in [0.25, 0.3) is 0 Å². The van der Waals surface area contributed by atoms with Crippen molar-refractivity contribution in [3.05, 3.63) is 23.4 Å². The Bertz CT molecular complexity index is 442. The van der Waals surface area contributed by atoms with Crippen LogP contribution in [0.5, 0.6) is 0 Å². The Balaban J connectivity index is 0.00000147. The van der Waals surface area contributed by atoms with E-state index in [0.29, 0.717) is 0 Å². The molecule has 1 N–H and O–H groups in total. The summed E-state index contributed by atoms with van der Waals surface area (Å²) < 4.78 is 0. The van der Waals surface area contributed by atoms with E-state index in [4.69, 9.17) is 0 Å². The molecule has 3 nitrogen and oxygen atoms in total. The Morgan fingerprint density at radius 1 is 1.45 bits per heavy atom. The van der Waals surface area contributed by atoms with E-state index in [1.807, 2.05) is 0 Å². The van der Waals surface area contributed by atoms with Gasteiger partial charge in [-0.05, 0) is 57.2 Å². The molecular weight excluding hydrogens is 272 g/mol. The summed E-state index contributed by atoms with van der Waals surface area (Å²) in [6, 6.07) is 0. The minimum atomic E-state index is -0.159. The summed E-state index contributed by atoms with van der Waals surface area (Å²) in [5, 5.41) is 3.20. The lowest BCUT2D eigenvalue weighted by Gasteiger charge is -2.45. The topological polar surface area (TPSA) is 32.3 Å². The fraction of sp³-hybridized carbons (Fsp3) is 0.688. The first kappa shape index (κ1) is 15.6. The molecule has 3 aliphatic rings. The molecular formula is C16H25ClN2O. The predicted molar refractivity (Wildman–Crippen MR) is 83.8 cm³/mol. The van der Waals surface area contributed by atoms with Crippen LogP contribution in [0.15, 0.2) is 23.4 Å². The minimum Gasteiger partial charge on any atom is -0.329 e. The quantitative estimate of drug-likeness (QED) is 0.849. The van der Waals surface area contributed by atoms with Crippen LogP contribution in [0.1, 0.15) is 45.4 Å². The number of carbonyl (C=O) groups is 1. The molecule has 0 aromatic carbocycles. The van der Waals surface area contributed by atoms with Crippen LogP contribution in [0.2, 0.25) is 0 Å². The predicted octanol–water partition coefficient (Wildman–Crippen LogP) is 3.02. The van der Waals surface area contributed by atoms with Gasteiger partial charge in [0.1, 0.15) is 0 Å². The third-order valence-electron chi connectivity index (χ3n) is 4.74. The third-order valence-corrected chi connectivity index (χ3v) is 4.74. The van der Waals surface area contributed by atoms with Crippen LogP contribution < -0.4 is 5.32 Å². The number of nitrogens with zero attached hydrogens (tertiary/aromatic N) is 1. The van der Waals surface area contributed by atoms with Gasteiger partial charge in [-0.3, -0.25) is 4.79 Å². The first-order valence-electron chi connectivity index (χ1n) is 7.66. The number of hydrogen-bond donors (Lipinski definition) is 1. The maximum Gasteiger partial charge on any atom is 0.231 e. The number of halogens is 1. The number of likely N-dealkylation sites (tertiary alicyclic amines) is 1. The largest absolute Gasteiger partial charge is 0.329 e. The van der Waals surface area contributed by atoms with Crippen molar-refractivity contribution in [2.24, 2.45) is 5.41 Å². The second-order valence-corrected chi connectivity index (χ2v) is 6.24. The lowest BCUT2D eigenvalue weighted by atomic mass is 9.71. The van der Waals surface area contributed by atoms with E-state index in [9.17, 15) is 4.79 Å². The first-order chi connectivity index (χ1) is 9.23. The lowest BCUT2D eigenvalue weighted by molar-refractivity contribution is -0.134. The Hall–Kier alpha value is -0.800. The van der Waals surface area contributed by atoms with Crippen LogP contribution in [-0.2, 0) is 4.79 Å². The average Bonchev–Trinajstić information content (AvgIpc) is 2.41. The van der Waals surface area contributed by atoms with E-state index in [2.05, 4.69) is 29.3 Å². The number of carbonyl (C=O) groups excluding carboxylic acids is 1. The van der Waals surface area contributed by atoms with Crippen LogP contribution in [0.3, 0.4) is 0 Å². The van der Waals surface area contributed by atoms with Crippen LogP contribution in [-0.4, -0.2) is 30.4 Å². The zero-order valence-electron chi connectivity index (χ0n) is 12.3. The second kappa shape index (κ2) is 6.31. The van der Waals surface area contributed by atoms with Gasteiger partial charge in [0, 0.05) is 12.2 Å². The zero-order valence-corrected chi connectivity index (χ0v) is 13.1. The summed E-state index contributed by atoms with van der Waals surface area (Å²) in [5.41, 5.74) is 2.41. The molecule has 1 fully saturated rings. The molecule has 1 amide bonds. The number of rotatable bonds is 2. The molecule has 1 aliphatic carbocycles. The normalized spacial score (nSPS) is 29.9. The highest BCUT2D eigenvalue weighted by atomic mass is 35.5. The van der Waals surface area contributed by atoms with Gasteiger partial charge in [-0.1, -0.05) is 19.1 Å². The molecule has 2 heterocycles. The summed E-state index contributed by atoms with van der Waals surface area (Å²) >= 11 is 0. The van der Waals surface area contributed by atoms with Gasteiger partial charge in [0.2, 0.25) is 5.91 Å². The molecule has 1 unspecified atom stereocenters. The van der Waals surface area contributed by atoms with Gasteiger partial charge in [-0.25, -0.2) is 0 Å². The molecule has 3 rings (SSSR count). The molecule has 0 radical (unpaired) electrons. The molecule has 1 atom stereocenters. The molecule has 0 aromatic heterocycles. The van der Waals surface area contributed by atoms with E-state index in [0.717, 1.165) is 51.7 Å². The lowest BCUT2D eigenvalue weighted by Crippen LogP contribution is -2.54. The van der Waals surface area contributed by atoms with Crippen molar-refractivity contribution in [1.82, 2.24) is 10.2 Å². The minimum absolute atomic E-state index is 0. The highest BCUT2D eigenvalue weighted by molar-refractivity contribution is 5.87. The SMILES string of the molecule is CCCN1CCCC2(CC3=C(CCC=C3)NC2=O)C1.Cl. The van der Waals surface area contributed by atoms with Gasteiger partial charge in [0.05, 0.1) is 5.41 Å². The van der Waals surface area contributed by atoms with Gasteiger partial charge in [-0.2, -0.15) is 0 Å². The Labute approximate surface area is 127 Å². The van der Waals surface area contributed by atoms with E-state index >= 15 is 0 Å². The number of piperidine rings is 1. The standard InChI is InChI=1S/C16H24N2O.ClH/c1-2-9-18-10-5-8-16(12-18)11-13-6-3-4-7-14(13)17-15(16)19;/h3,6H,2,4-5,7-12H2,1H3,(H,17,19);1H. The first-order valence-corrected chi connectivity index (χ1v) is 7.66. The highest BCUT2D eigenvalue weighted by Gasteiger charge is 2.45. The summed E-state index contributed by atoms with van der Waals surface area (Å²) in [7, 11) is 0. The van der Waals surface area contributed by atoms with E-state index in [1.54, 1.807) is 0 Å². The number of amides is 1. The molecule has 1 spiro atoms. The molecule has 0 saturated carbocycles. The number of nitrogens with one attached hydrogen (secondary N) is 1. The van der Waals surface area contributed by atoms with Crippen molar-refractivity contribution in [2.45, 2.75) is 45.4 Å². The Morgan fingerprint density at radius 2 is 2.30 bits per heavy atom. The summed E-state index contributed by atoms with van der Waals surface area (Å²) in [4.78, 5) is 15.1. The maximum absolute atomic E-state index is 12.6. The average molecular weight is 297 g/mol. The summed E-state index contributed by atoms with van der Waals surface area (Å²) in [6.07, 6.45) is 10.9. The zero-order chi connectivity index (χ0) is 13.3. The van der Waals surface area contributed by atoms with Crippen molar-refractivity contribution >= 4 is 18.3 Å². The summed E-state index contributed by atoms with van der Waals surface area (Å²) in [6.45, 7) is 5.44. The fourth-order valence-electron chi connectivity index (χ4n) is 3.80. The third kappa shape index (κ3) is 2.79. The van der Waals surface area contributed by atoms with Crippen molar-refractivity contribution in [3.63, 3.8) is 0 Å². The van der Waals surface area contributed by atoms with E-state index < -0.39 is 0 Å². The van der Waals surface area contributed by atoms with Crippen LogP contribution >= 0.6 is 12.4 Å². The van der Waals surface area contributed by atoms with Gasteiger partial charge in [-0.15, -0.1) is 12.4 Å². The van der Waals surface area contributed by atoms with Gasteiger partial charge >= 0.3 is 0 Å². The van der Waals surface area contributed by atoms with Crippen molar-refractivity contribution in [3.8, 4) is 0 Å². The Kier molecular flexibility index (Phi) is 4.92. The smallest absolute Gasteiger partial charge is 0.231 e. The van der Waals surface area contributed by atoms with Crippen molar-refractivity contribution in [2.75, 3.05) is 19.6 Å². The van der Waals surface area contributed by atoms with Crippen molar-refractivity contribution < 1.29 is 4.79 Å². The Morgan fingerprint density at radius 3 is 3.10 bits per heavy atom. The van der Waals surface area contributed by atoms with Crippen LogP contribution in [0.4, 0.5) is 0 Å². The number of allylic oxidation sites excluding steroid dienone is 4. The van der Waals surface area contributed by atoms with E-state index in [-0.39, 0.29) is 23.7 Å². The van der Waals surface area contributed by atoms with E-state index in [1.165, 1.54) is 17.7 Å². The maximum atomic E-state index is 12.6. The monoisotopic (exact) mass is 296 g/mol.